The van der Waals surface area contributed by atoms with Gasteiger partial charge in [0.05, 0.1) is 11.5 Å². The molecule has 1 unspecified atom stereocenters. The Morgan fingerprint density at radius 3 is 2.22 bits per heavy atom. The molecule has 0 saturated heterocycles. The Hall–Kier alpha value is -1.98. The van der Waals surface area contributed by atoms with Crippen LogP contribution in [0.1, 0.15) is 25.7 Å². The van der Waals surface area contributed by atoms with Gasteiger partial charge in [0.2, 0.25) is 0 Å². The molecule has 96 valence electrons. The van der Waals surface area contributed by atoms with E-state index >= 15 is 0 Å². The third-order valence-corrected chi connectivity index (χ3v) is 3.59. The van der Waals surface area contributed by atoms with Crippen molar-refractivity contribution in [3.8, 4) is 0 Å². The zero-order chi connectivity index (χ0) is 13.1. The summed E-state index contributed by atoms with van der Waals surface area (Å²) in [7, 11) is 0. The van der Waals surface area contributed by atoms with Gasteiger partial charge in [0.15, 0.2) is 0 Å². The minimum atomic E-state index is -0.808. The monoisotopic (exact) mass is 252 g/mol. The third-order valence-electron chi connectivity index (χ3n) is 3.59. The van der Waals surface area contributed by atoms with Gasteiger partial charge in [-0.1, -0.05) is 5.57 Å². The van der Waals surface area contributed by atoms with E-state index in [1.807, 2.05) is 0 Å². The summed E-state index contributed by atoms with van der Waals surface area (Å²) in [5.74, 6) is -2.36. The topological polar surface area (TPSA) is 86.7 Å². The van der Waals surface area contributed by atoms with Gasteiger partial charge in [-0.25, -0.2) is 4.79 Å². The first-order valence-corrected chi connectivity index (χ1v) is 5.69. The molecule has 6 heteroatoms. The number of ether oxygens (including phenoxy) is 2. The first-order valence-electron chi connectivity index (χ1n) is 5.69. The Bertz CT molecular complexity index is 426. The molecule has 6 nitrogen and oxygen atoms in total. The molecular formula is C12H12O6. The Morgan fingerprint density at radius 2 is 1.67 bits per heavy atom. The van der Waals surface area contributed by atoms with Crippen molar-refractivity contribution in [1.29, 1.82) is 0 Å². The lowest BCUT2D eigenvalue weighted by Crippen LogP contribution is -2.38. The van der Waals surface area contributed by atoms with Gasteiger partial charge < -0.3 is 9.47 Å². The maximum Gasteiger partial charge on any atom is 0.342 e. The molecule has 3 aliphatic carbocycles. The predicted molar refractivity (Wildman–Crippen MR) is 56.8 cm³/mol. The second-order valence-electron chi connectivity index (χ2n) is 4.37. The number of fused-ring (bicyclic) bond motifs is 3. The lowest BCUT2D eigenvalue weighted by Gasteiger charge is -2.37. The van der Waals surface area contributed by atoms with Crippen LogP contribution in [0.15, 0.2) is 11.1 Å². The molecule has 1 atom stereocenters. The smallest absolute Gasteiger partial charge is 0.342 e. The zero-order valence-electron chi connectivity index (χ0n) is 9.59. The van der Waals surface area contributed by atoms with E-state index < -0.39 is 17.9 Å². The van der Waals surface area contributed by atoms with Crippen LogP contribution in [0, 0.1) is 11.8 Å². The van der Waals surface area contributed by atoms with Gasteiger partial charge in [0.25, 0.3) is 0 Å². The van der Waals surface area contributed by atoms with Gasteiger partial charge in [-0.3, -0.25) is 14.4 Å². The summed E-state index contributed by atoms with van der Waals surface area (Å²) in [6.45, 7) is 0.0955. The Balaban J connectivity index is 2.33. The standard InChI is InChI=1S/C12H12O6/c13-5-17-11(15)9-7-1-2-8(4-3-7)10(9)12(16)18-6-14/h5-7,9H,1-4H2. The van der Waals surface area contributed by atoms with Crippen LogP contribution in [0.4, 0.5) is 0 Å². The molecule has 0 heterocycles. The fraction of sp³-hybridized carbons (Fsp3) is 0.500. The molecule has 3 aliphatic rings. The lowest BCUT2D eigenvalue weighted by molar-refractivity contribution is -0.159. The van der Waals surface area contributed by atoms with E-state index in [1.165, 1.54) is 0 Å². The molecule has 0 aromatic heterocycles. The van der Waals surface area contributed by atoms with Crippen molar-refractivity contribution in [2.75, 3.05) is 0 Å². The third kappa shape index (κ3) is 2.05. The fourth-order valence-corrected chi connectivity index (χ4v) is 2.86. The van der Waals surface area contributed by atoms with Crippen LogP contribution >= 0.6 is 0 Å². The summed E-state index contributed by atoms with van der Waals surface area (Å²) in [5, 5.41) is 0. The minimum Gasteiger partial charge on any atom is -0.395 e. The molecular weight excluding hydrogens is 240 g/mol. The molecule has 0 spiro atoms. The largest absolute Gasteiger partial charge is 0.395 e. The number of hydrogen-bond donors (Lipinski definition) is 0. The summed E-state index contributed by atoms with van der Waals surface area (Å²) in [5.41, 5.74) is 1.04. The summed E-state index contributed by atoms with van der Waals surface area (Å²) in [6.07, 6.45) is 3.01. The summed E-state index contributed by atoms with van der Waals surface area (Å²) < 4.78 is 8.66. The van der Waals surface area contributed by atoms with Crippen molar-refractivity contribution in [2.45, 2.75) is 25.7 Å². The number of esters is 2. The van der Waals surface area contributed by atoms with Gasteiger partial charge in [-0.2, -0.15) is 0 Å². The molecule has 0 aliphatic heterocycles. The highest BCUT2D eigenvalue weighted by molar-refractivity contribution is 6.00. The molecule has 1 fully saturated rings. The van der Waals surface area contributed by atoms with E-state index in [0.717, 1.165) is 31.3 Å². The molecule has 0 aromatic carbocycles. The molecule has 18 heavy (non-hydrogen) atoms. The average molecular weight is 252 g/mol. The second-order valence-corrected chi connectivity index (χ2v) is 4.37. The lowest BCUT2D eigenvalue weighted by atomic mass is 9.66. The SMILES string of the molecule is O=COC(=O)C1=C2CCC(CC2)C1C(=O)OC=O. The van der Waals surface area contributed by atoms with Crippen LogP contribution in [-0.4, -0.2) is 24.9 Å². The van der Waals surface area contributed by atoms with Crippen LogP contribution in [-0.2, 0) is 28.7 Å². The second kappa shape index (κ2) is 5.12. The van der Waals surface area contributed by atoms with E-state index in [2.05, 4.69) is 9.47 Å². The number of allylic oxidation sites excluding steroid dienone is 1. The number of carbonyl (C=O) groups is 4. The molecule has 2 bridgehead atoms. The molecule has 3 rings (SSSR count). The van der Waals surface area contributed by atoms with Crippen LogP contribution in [0.25, 0.3) is 0 Å². The highest BCUT2D eigenvalue weighted by atomic mass is 16.6. The fourth-order valence-electron chi connectivity index (χ4n) is 2.86. The van der Waals surface area contributed by atoms with Crippen molar-refractivity contribution < 1.29 is 28.7 Å². The van der Waals surface area contributed by atoms with Crippen molar-refractivity contribution >= 4 is 24.9 Å². The van der Waals surface area contributed by atoms with Gasteiger partial charge >= 0.3 is 24.9 Å². The minimum absolute atomic E-state index is 0.0239. The van der Waals surface area contributed by atoms with Gasteiger partial charge in [-0.05, 0) is 31.6 Å². The highest BCUT2D eigenvalue weighted by Crippen LogP contribution is 2.45. The molecule has 0 amide bonds. The number of rotatable bonds is 4. The maximum atomic E-state index is 11.7. The summed E-state index contributed by atoms with van der Waals surface area (Å²) in [4.78, 5) is 43.9. The number of hydrogen-bond acceptors (Lipinski definition) is 6. The Kier molecular flexibility index (Phi) is 3.55. The summed E-state index contributed by atoms with van der Waals surface area (Å²) >= 11 is 0. The van der Waals surface area contributed by atoms with Gasteiger partial charge in [-0.15, -0.1) is 0 Å². The predicted octanol–water partition coefficient (Wildman–Crippen LogP) is 0.502. The quantitative estimate of drug-likeness (QED) is 0.411. The average Bonchev–Trinajstić information content (AvgIpc) is 2.39. The molecule has 0 aromatic rings. The first kappa shape index (κ1) is 12.5. The van der Waals surface area contributed by atoms with E-state index in [1.54, 1.807) is 0 Å². The Morgan fingerprint density at radius 1 is 1.06 bits per heavy atom. The van der Waals surface area contributed by atoms with Crippen LogP contribution in [0.5, 0.6) is 0 Å². The van der Waals surface area contributed by atoms with Crippen molar-refractivity contribution in [3.05, 3.63) is 11.1 Å². The summed E-state index contributed by atoms with van der Waals surface area (Å²) in [6, 6.07) is 0. The molecule has 1 saturated carbocycles. The van der Waals surface area contributed by atoms with E-state index in [4.69, 9.17) is 0 Å². The normalized spacial score (nSPS) is 25.6. The zero-order valence-corrected chi connectivity index (χ0v) is 9.59. The highest BCUT2D eigenvalue weighted by Gasteiger charge is 2.44. The van der Waals surface area contributed by atoms with Gasteiger partial charge in [0, 0.05) is 0 Å². The van der Waals surface area contributed by atoms with Crippen LogP contribution in [0.3, 0.4) is 0 Å². The first-order chi connectivity index (χ1) is 8.69. The van der Waals surface area contributed by atoms with E-state index in [-0.39, 0.29) is 24.4 Å². The van der Waals surface area contributed by atoms with Crippen LogP contribution < -0.4 is 0 Å². The van der Waals surface area contributed by atoms with Crippen molar-refractivity contribution in [2.24, 2.45) is 11.8 Å². The molecule has 0 radical (unpaired) electrons. The Labute approximate surface area is 103 Å². The van der Waals surface area contributed by atoms with Crippen molar-refractivity contribution in [3.63, 3.8) is 0 Å². The van der Waals surface area contributed by atoms with E-state index in [0.29, 0.717) is 0 Å². The molecule has 0 N–H and O–H groups in total. The maximum absolute atomic E-state index is 11.7. The number of carbonyl (C=O) groups excluding carboxylic acids is 4. The van der Waals surface area contributed by atoms with Gasteiger partial charge in [0.1, 0.15) is 0 Å². The van der Waals surface area contributed by atoms with Crippen LogP contribution in [0.2, 0.25) is 0 Å². The van der Waals surface area contributed by atoms with E-state index in [9.17, 15) is 19.2 Å². The van der Waals surface area contributed by atoms with Crippen molar-refractivity contribution in [1.82, 2.24) is 0 Å².